The zero-order chi connectivity index (χ0) is 16.1. The first-order valence-corrected chi connectivity index (χ1v) is 7.29. The van der Waals surface area contributed by atoms with E-state index in [9.17, 15) is 4.79 Å². The summed E-state index contributed by atoms with van der Waals surface area (Å²) in [6.45, 7) is 5.92. The Balaban J connectivity index is 2.06. The highest BCUT2D eigenvalue weighted by Gasteiger charge is 2.15. The van der Waals surface area contributed by atoms with Crippen molar-refractivity contribution in [3.05, 3.63) is 53.6 Å². The van der Waals surface area contributed by atoms with Gasteiger partial charge in [-0.15, -0.1) is 0 Å². The molecule has 0 spiro atoms. The molecule has 2 aromatic carbocycles. The maximum atomic E-state index is 12.3. The van der Waals surface area contributed by atoms with Crippen LogP contribution in [0.4, 0.5) is 11.4 Å². The van der Waals surface area contributed by atoms with Crippen molar-refractivity contribution < 1.29 is 9.53 Å². The van der Waals surface area contributed by atoms with E-state index in [-0.39, 0.29) is 11.9 Å². The first kappa shape index (κ1) is 15.9. The Bertz CT molecular complexity index is 668. The molecule has 1 atom stereocenters. The lowest BCUT2D eigenvalue weighted by Gasteiger charge is -2.18. The predicted molar refractivity (Wildman–Crippen MR) is 90.6 cm³/mol. The van der Waals surface area contributed by atoms with Crippen LogP contribution in [0.2, 0.25) is 0 Å². The molecule has 4 nitrogen and oxygen atoms in total. The molecule has 0 saturated carbocycles. The third kappa shape index (κ3) is 3.79. The average molecular weight is 298 g/mol. The van der Waals surface area contributed by atoms with Crippen LogP contribution in [-0.2, 0) is 4.79 Å². The summed E-state index contributed by atoms with van der Waals surface area (Å²) in [4.78, 5) is 12.3. The van der Waals surface area contributed by atoms with Crippen LogP contribution in [0.15, 0.2) is 42.5 Å². The van der Waals surface area contributed by atoms with Crippen LogP contribution in [0, 0.1) is 13.8 Å². The summed E-state index contributed by atoms with van der Waals surface area (Å²) >= 11 is 0. The van der Waals surface area contributed by atoms with Crippen molar-refractivity contribution in [2.45, 2.75) is 26.8 Å². The standard InChI is InChI=1S/C18H22N2O2/c1-12-9-10-15(13(2)11-12)19-14(3)18(21)20-16-7-5-6-8-17(16)22-4/h5-11,14,19H,1-4H3,(H,20,21)/t14-/m1/s1. The van der Waals surface area contributed by atoms with E-state index in [2.05, 4.69) is 23.6 Å². The smallest absolute Gasteiger partial charge is 0.246 e. The second-order valence-electron chi connectivity index (χ2n) is 5.37. The Hall–Kier alpha value is -2.49. The molecule has 0 fully saturated rings. The quantitative estimate of drug-likeness (QED) is 0.884. The minimum atomic E-state index is -0.355. The lowest BCUT2D eigenvalue weighted by Crippen LogP contribution is -2.32. The van der Waals surface area contributed by atoms with E-state index in [1.54, 1.807) is 7.11 Å². The summed E-state index contributed by atoms with van der Waals surface area (Å²) in [5.41, 5.74) is 3.96. The van der Waals surface area contributed by atoms with Gasteiger partial charge in [0.1, 0.15) is 11.8 Å². The van der Waals surface area contributed by atoms with Crippen molar-refractivity contribution in [2.75, 3.05) is 17.7 Å². The van der Waals surface area contributed by atoms with Crippen LogP contribution in [0.1, 0.15) is 18.1 Å². The summed E-state index contributed by atoms with van der Waals surface area (Å²) in [7, 11) is 1.59. The number of hydrogen-bond donors (Lipinski definition) is 2. The van der Waals surface area contributed by atoms with Gasteiger partial charge in [0.15, 0.2) is 0 Å². The molecular weight excluding hydrogens is 276 g/mol. The highest BCUT2D eigenvalue weighted by atomic mass is 16.5. The van der Waals surface area contributed by atoms with Gasteiger partial charge >= 0.3 is 0 Å². The molecule has 2 N–H and O–H groups in total. The van der Waals surface area contributed by atoms with E-state index < -0.39 is 0 Å². The zero-order valence-electron chi connectivity index (χ0n) is 13.4. The Labute approximate surface area is 131 Å². The number of anilines is 2. The number of rotatable bonds is 5. The monoisotopic (exact) mass is 298 g/mol. The molecule has 1 amide bonds. The van der Waals surface area contributed by atoms with Crippen molar-refractivity contribution in [2.24, 2.45) is 0 Å². The fourth-order valence-electron chi connectivity index (χ4n) is 2.26. The van der Waals surface area contributed by atoms with Gasteiger partial charge in [-0.1, -0.05) is 29.8 Å². The van der Waals surface area contributed by atoms with Gasteiger partial charge in [0.05, 0.1) is 12.8 Å². The average Bonchev–Trinajstić information content (AvgIpc) is 2.50. The van der Waals surface area contributed by atoms with Gasteiger partial charge in [0.2, 0.25) is 5.91 Å². The maximum Gasteiger partial charge on any atom is 0.246 e. The number of benzene rings is 2. The molecule has 116 valence electrons. The molecule has 4 heteroatoms. The second kappa shape index (κ2) is 6.98. The van der Waals surface area contributed by atoms with Gasteiger partial charge in [-0.25, -0.2) is 0 Å². The Morgan fingerprint density at radius 2 is 1.82 bits per heavy atom. The molecule has 0 heterocycles. The number of ether oxygens (including phenoxy) is 1. The lowest BCUT2D eigenvalue weighted by atomic mass is 10.1. The Kier molecular flexibility index (Phi) is 5.04. The van der Waals surface area contributed by atoms with E-state index in [4.69, 9.17) is 4.74 Å². The number of para-hydroxylation sites is 2. The number of carbonyl (C=O) groups is 1. The Morgan fingerprint density at radius 3 is 2.50 bits per heavy atom. The summed E-state index contributed by atoms with van der Waals surface area (Å²) in [6.07, 6.45) is 0. The molecule has 22 heavy (non-hydrogen) atoms. The van der Waals surface area contributed by atoms with E-state index in [0.717, 1.165) is 11.3 Å². The predicted octanol–water partition coefficient (Wildman–Crippen LogP) is 3.75. The number of carbonyl (C=O) groups excluding carboxylic acids is 1. The molecule has 0 saturated heterocycles. The van der Waals surface area contributed by atoms with Gasteiger partial charge in [0, 0.05) is 5.69 Å². The number of methoxy groups -OCH3 is 1. The molecule has 0 aliphatic rings. The van der Waals surface area contributed by atoms with E-state index in [0.29, 0.717) is 11.4 Å². The Morgan fingerprint density at radius 1 is 1.09 bits per heavy atom. The zero-order valence-corrected chi connectivity index (χ0v) is 13.4. The maximum absolute atomic E-state index is 12.3. The third-order valence-electron chi connectivity index (χ3n) is 3.51. The minimum Gasteiger partial charge on any atom is -0.495 e. The second-order valence-corrected chi connectivity index (χ2v) is 5.37. The number of aryl methyl sites for hydroxylation is 2. The first-order chi connectivity index (χ1) is 10.5. The van der Waals surface area contributed by atoms with Crippen LogP contribution in [0.5, 0.6) is 5.75 Å². The normalized spacial score (nSPS) is 11.6. The topological polar surface area (TPSA) is 50.4 Å². The third-order valence-corrected chi connectivity index (χ3v) is 3.51. The molecule has 2 rings (SSSR count). The summed E-state index contributed by atoms with van der Waals surface area (Å²) in [5.74, 6) is 0.541. The first-order valence-electron chi connectivity index (χ1n) is 7.29. The SMILES string of the molecule is COc1ccccc1NC(=O)[C@@H](C)Nc1ccc(C)cc1C. The highest BCUT2D eigenvalue weighted by Crippen LogP contribution is 2.23. The van der Waals surface area contributed by atoms with Gasteiger partial charge in [-0.05, 0) is 44.5 Å². The summed E-state index contributed by atoms with van der Waals surface area (Å²) in [6, 6.07) is 13.1. The molecule has 0 radical (unpaired) electrons. The van der Waals surface area contributed by atoms with Gasteiger partial charge in [0.25, 0.3) is 0 Å². The largest absolute Gasteiger partial charge is 0.495 e. The molecule has 0 aliphatic heterocycles. The van der Waals surface area contributed by atoms with Crippen LogP contribution < -0.4 is 15.4 Å². The van der Waals surface area contributed by atoms with Crippen molar-refractivity contribution in [1.29, 1.82) is 0 Å². The molecule has 0 unspecified atom stereocenters. The fraction of sp³-hybridized carbons (Fsp3) is 0.278. The van der Waals surface area contributed by atoms with Crippen LogP contribution >= 0.6 is 0 Å². The van der Waals surface area contributed by atoms with Gasteiger partial charge < -0.3 is 15.4 Å². The highest BCUT2D eigenvalue weighted by molar-refractivity contribution is 5.97. The van der Waals surface area contributed by atoms with Crippen LogP contribution in [-0.4, -0.2) is 19.1 Å². The molecule has 0 aliphatic carbocycles. The lowest BCUT2D eigenvalue weighted by molar-refractivity contribution is -0.116. The molecular formula is C18H22N2O2. The van der Waals surface area contributed by atoms with Crippen molar-refractivity contribution in [3.63, 3.8) is 0 Å². The van der Waals surface area contributed by atoms with Gasteiger partial charge in [-0.2, -0.15) is 0 Å². The van der Waals surface area contributed by atoms with Crippen molar-refractivity contribution >= 4 is 17.3 Å². The fourth-order valence-corrected chi connectivity index (χ4v) is 2.26. The van der Waals surface area contributed by atoms with E-state index in [1.807, 2.05) is 50.2 Å². The van der Waals surface area contributed by atoms with Crippen molar-refractivity contribution in [3.8, 4) is 5.75 Å². The minimum absolute atomic E-state index is 0.107. The van der Waals surface area contributed by atoms with E-state index in [1.165, 1.54) is 5.56 Å². The van der Waals surface area contributed by atoms with E-state index >= 15 is 0 Å². The molecule has 0 aromatic heterocycles. The van der Waals surface area contributed by atoms with Crippen molar-refractivity contribution in [1.82, 2.24) is 0 Å². The van der Waals surface area contributed by atoms with Crippen LogP contribution in [0.3, 0.4) is 0 Å². The molecule has 0 bridgehead atoms. The van der Waals surface area contributed by atoms with Crippen LogP contribution in [0.25, 0.3) is 0 Å². The number of amides is 1. The number of hydrogen-bond acceptors (Lipinski definition) is 3. The molecule has 2 aromatic rings. The summed E-state index contributed by atoms with van der Waals surface area (Å²) in [5, 5.41) is 6.13. The van der Waals surface area contributed by atoms with Gasteiger partial charge in [-0.3, -0.25) is 4.79 Å². The number of nitrogens with one attached hydrogen (secondary N) is 2. The summed E-state index contributed by atoms with van der Waals surface area (Å²) < 4.78 is 5.24.